The molecule has 4 nitrogen and oxygen atoms in total. The summed E-state index contributed by atoms with van der Waals surface area (Å²) in [7, 11) is 1.91. The summed E-state index contributed by atoms with van der Waals surface area (Å²) < 4.78 is 6.55. The fourth-order valence-corrected chi connectivity index (χ4v) is 2.13. The Balaban J connectivity index is 2.40. The zero-order valence-electron chi connectivity index (χ0n) is 11.0. The minimum absolute atomic E-state index is 0.450. The summed E-state index contributed by atoms with van der Waals surface area (Å²) in [5.74, 6) is 0. The Bertz CT molecular complexity index is 578. The van der Waals surface area contributed by atoms with Gasteiger partial charge in [-0.1, -0.05) is 29.8 Å². The van der Waals surface area contributed by atoms with E-state index >= 15 is 0 Å². The molecular formula is C14H17ClN2O2. The van der Waals surface area contributed by atoms with Gasteiger partial charge in [-0.3, -0.25) is 4.57 Å². The Kier molecular flexibility index (Phi) is 4.45. The second-order valence-corrected chi connectivity index (χ2v) is 4.94. The highest BCUT2D eigenvalue weighted by molar-refractivity contribution is 6.20. The molecule has 0 radical (unpaired) electrons. The summed E-state index contributed by atoms with van der Waals surface area (Å²) in [6.07, 6.45) is 2.23. The average molecular weight is 281 g/mol. The number of halogens is 1. The molecule has 0 aliphatic heterocycles. The Hall–Kier alpha value is -1.52. The van der Waals surface area contributed by atoms with Crippen LogP contribution in [0.1, 0.15) is 12.5 Å². The van der Waals surface area contributed by atoms with Gasteiger partial charge in [-0.05, 0) is 38.6 Å². The number of carbonyl (C=O) groups is 1. The number of carbonyl (C=O) groups excluding carboxylic acids is 1. The van der Waals surface area contributed by atoms with E-state index in [9.17, 15) is 4.79 Å². The van der Waals surface area contributed by atoms with Gasteiger partial charge in [0.05, 0.1) is 5.52 Å². The van der Waals surface area contributed by atoms with Gasteiger partial charge >= 0.3 is 6.09 Å². The lowest BCUT2D eigenvalue weighted by molar-refractivity contribution is 0.141. The van der Waals surface area contributed by atoms with Crippen molar-refractivity contribution in [1.29, 1.82) is 0 Å². The molecule has 0 saturated heterocycles. The quantitative estimate of drug-likeness (QED) is 0.876. The third kappa shape index (κ3) is 3.08. The predicted molar refractivity (Wildman–Crippen MR) is 76.8 cm³/mol. The van der Waals surface area contributed by atoms with E-state index in [4.69, 9.17) is 16.3 Å². The SMILES string of the molecule is CNCCc1cn(C(=O)OC(C)Cl)c2ccccc12. The van der Waals surface area contributed by atoms with Gasteiger partial charge in [0.15, 0.2) is 5.56 Å². The van der Waals surface area contributed by atoms with Gasteiger partial charge in [0.1, 0.15) is 0 Å². The molecule has 1 unspecified atom stereocenters. The second-order valence-electron chi connectivity index (χ2n) is 4.32. The summed E-state index contributed by atoms with van der Waals surface area (Å²) in [5, 5.41) is 4.17. The topological polar surface area (TPSA) is 43.3 Å². The number of fused-ring (bicyclic) bond motifs is 1. The number of hydrogen-bond donors (Lipinski definition) is 1. The molecule has 1 N–H and O–H groups in total. The molecule has 1 aromatic heterocycles. The second kappa shape index (κ2) is 6.08. The highest BCUT2D eigenvalue weighted by Gasteiger charge is 2.15. The van der Waals surface area contributed by atoms with Crippen LogP contribution in [0, 0.1) is 0 Å². The standard InChI is InChI=1S/C14H17ClN2O2/c1-10(15)19-14(18)17-9-11(7-8-16-2)12-5-3-4-6-13(12)17/h3-6,9-10,16H,7-8H2,1-2H3. The number of ether oxygens (including phenoxy) is 1. The Morgan fingerprint density at radius 3 is 2.89 bits per heavy atom. The minimum atomic E-state index is -0.644. The van der Waals surface area contributed by atoms with Crippen molar-refractivity contribution in [2.45, 2.75) is 18.9 Å². The van der Waals surface area contributed by atoms with Crippen LogP contribution in [0.4, 0.5) is 4.79 Å². The number of nitrogens with one attached hydrogen (secondary N) is 1. The molecular weight excluding hydrogens is 264 g/mol. The van der Waals surface area contributed by atoms with Crippen molar-refractivity contribution in [1.82, 2.24) is 9.88 Å². The van der Waals surface area contributed by atoms with Crippen molar-refractivity contribution in [3.63, 3.8) is 0 Å². The number of nitrogens with zero attached hydrogens (tertiary/aromatic N) is 1. The van der Waals surface area contributed by atoms with Crippen LogP contribution in [0.3, 0.4) is 0 Å². The first-order chi connectivity index (χ1) is 9.13. The first kappa shape index (κ1) is 13.9. The van der Waals surface area contributed by atoms with Gasteiger partial charge in [0.2, 0.25) is 0 Å². The van der Waals surface area contributed by atoms with E-state index in [1.165, 1.54) is 4.57 Å². The summed E-state index contributed by atoms with van der Waals surface area (Å²) in [5.41, 5.74) is 1.31. The Morgan fingerprint density at radius 1 is 1.47 bits per heavy atom. The number of likely N-dealkylation sites (N-methyl/N-ethyl adjacent to an activating group) is 1. The maximum Gasteiger partial charge on any atom is 0.419 e. The van der Waals surface area contributed by atoms with Crippen molar-refractivity contribution in [3.05, 3.63) is 36.0 Å². The maximum absolute atomic E-state index is 12.0. The predicted octanol–water partition coefficient (Wildman–Crippen LogP) is 2.97. The van der Waals surface area contributed by atoms with Gasteiger partial charge in [0.25, 0.3) is 0 Å². The van der Waals surface area contributed by atoms with Gasteiger partial charge in [-0.25, -0.2) is 4.79 Å². The molecule has 0 fully saturated rings. The number of rotatable bonds is 4. The van der Waals surface area contributed by atoms with Crippen LogP contribution in [0.25, 0.3) is 10.9 Å². The molecule has 0 spiro atoms. The summed E-state index contributed by atoms with van der Waals surface area (Å²) >= 11 is 5.70. The molecule has 0 aliphatic rings. The fourth-order valence-electron chi connectivity index (χ4n) is 2.06. The highest BCUT2D eigenvalue weighted by atomic mass is 35.5. The van der Waals surface area contributed by atoms with E-state index in [2.05, 4.69) is 5.32 Å². The van der Waals surface area contributed by atoms with E-state index in [-0.39, 0.29) is 0 Å². The molecule has 0 saturated carbocycles. The van der Waals surface area contributed by atoms with Crippen molar-refractivity contribution >= 4 is 28.6 Å². The van der Waals surface area contributed by atoms with Gasteiger partial charge < -0.3 is 10.1 Å². The van der Waals surface area contributed by atoms with E-state index in [0.717, 1.165) is 29.4 Å². The zero-order valence-corrected chi connectivity index (χ0v) is 11.8. The molecule has 1 aromatic carbocycles. The summed E-state index contributed by atoms with van der Waals surface area (Å²) in [6.45, 7) is 2.47. The van der Waals surface area contributed by atoms with Gasteiger partial charge in [-0.15, -0.1) is 0 Å². The molecule has 2 rings (SSSR count). The summed E-state index contributed by atoms with van der Waals surface area (Å²) in [6, 6.07) is 7.77. The molecule has 0 amide bonds. The molecule has 102 valence electrons. The fraction of sp³-hybridized carbons (Fsp3) is 0.357. The number of para-hydroxylation sites is 1. The number of hydrogen-bond acceptors (Lipinski definition) is 3. The monoisotopic (exact) mass is 280 g/mol. The molecule has 5 heteroatoms. The third-order valence-electron chi connectivity index (χ3n) is 2.90. The Morgan fingerprint density at radius 2 is 2.21 bits per heavy atom. The van der Waals surface area contributed by atoms with Gasteiger partial charge in [0, 0.05) is 11.6 Å². The molecule has 2 aromatic rings. The van der Waals surface area contributed by atoms with Crippen LogP contribution in [0.15, 0.2) is 30.5 Å². The van der Waals surface area contributed by atoms with Crippen LogP contribution >= 0.6 is 11.6 Å². The molecule has 0 aliphatic carbocycles. The lowest BCUT2D eigenvalue weighted by Gasteiger charge is -2.07. The lowest BCUT2D eigenvalue weighted by atomic mass is 10.1. The van der Waals surface area contributed by atoms with Crippen LogP contribution in [0.2, 0.25) is 0 Å². The van der Waals surface area contributed by atoms with Crippen LogP contribution in [0.5, 0.6) is 0 Å². The first-order valence-corrected chi connectivity index (χ1v) is 6.65. The lowest BCUT2D eigenvalue weighted by Crippen LogP contribution is -2.16. The van der Waals surface area contributed by atoms with Crippen LogP contribution in [-0.4, -0.2) is 29.8 Å². The molecule has 0 bridgehead atoms. The van der Waals surface area contributed by atoms with Crippen molar-refractivity contribution in [2.75, 3.05) is 13.6 Å². The largest absolute Gasteiger partial charge is 0.430 e. The average Bonchev–Trinajstić information content (AvgIpc) is 2.74. The smallest absolute Gasteiger partial charge is 0.419 e. The number of aromatic nitrogens is 1. The van der Waals surface area contributed by atoms with E-state index < -0.39 is 11.7 Å². The normalized spacial score (nSPS) is 12.6. The summed E-state index contributed by atoms with van der Waals surface area (Å²) in [4.78, 5) is 12.0. The minimum Gasteiger partial charge on any atom is -0.430 e. The molecule has 1 heterocycles. The highest BCUT2D eigenvalue weighted by Crippen LogP contribution is 2.22. The van der Waals surface area contributed by atoms with Crippen molar-refractivity contribution in [2.24, 2.45) is 0 Å². The van der Waals surface area contributed by atoms with E-state index in [1.54, 1.807) is 6.92 Å². The van der Waals surface area contributed by atoms with E-state index in [1.807, 2.05) is 37.5 Å². The molecule has 19 heavy (non-hydrogen) atoms. The number of benzene rings is 1. The maximum atomic E-state index is 12.0. The van der Waals surface area contributed by atoms with Crippen molar-refractivity contribution < 1.29 is 9.53 Å². The van der Waals surface area contributed by atoms with Crippen LogP contribution in [-0.2, 0) is 11.2 Å². The third-order valence-corrected chi connectivity index (χ3v) is 2.99. The first-order valence-electron chi connectivity index (χ1n) is 6.22. The van der Waals surface area contributed by atoms with Crippen LogP contribution < -0.4 is 5.32 Å². The zero-order chi connectivity index (χ0) is 13.8. The van der Waals surface area contributed by atoms with E-state index in [0.29, 0.717) is 0 Å². The van der Waals surface area contributed by atoms with Crippen molar-refractivity contribution in [3.8, 4) is 0 Å². The number of alkyl halides is 1. The molecule has 1 atom stereocenters. The Labute approximate surface area is 117 Å². The van der Waals surface area contributed by atoms with Gasteiger partial charge in [-0.2, -0.15) is 0 Å².